The summed E-state index contributed by atoms with van der Waals surface area (Å²) in [4.78, 5) is 72.9. The smallest absolute Gasteiger partial charge is 0.462 e. The fourth-order valence-corrected chi connectivity index (χ4v) is 13.0. The van der Waals surface area contributed by atoms with E-state index in [1.54, 1.807) is 0 Å². The Kier molecular flexibility index (Phi) is 69.1. The summed E-state index contributed by atoms with van der Waals surface area (Å²) >= 11 is 0. The number of aliphatic hydroxyl groups excluding tert-OH is 1. The number of phosphoric ester groups is 2. The van der Waals surface area contributed by atoms with Gasteiger partial charge in [0.2, 0.25) is 0 Å². The molecule has 96 heavy (non-hydrogen) atoms. The van der Waals surface area contributed by atoms with E-state index in [9.17, 15) is 43.2 Å². The van der Waals surface area contributed by atoms with Gasteiger partial charge in [-0.1, -0.05) is 328 Å². The topological polar surface area (TPSA) is 237 Å². The van der Waals surface area contributed by atoms with Crippen LogP contribution in [0.5, 0.6) is 0 Å². The zero-order valence-corrected chi connectivity index (χ0v) is 63.6. The molecule has 0 heterocycles. The second-order valence-electron chi connectivity index (χ2n) is 27.0. The van der Waals surface area contributed by atoms with Crippen molar-refractivity contribution < 1.29 is 80.2 Å². The third-order valence-electron chi connectivity index (χ3n) is 17.4. The minimum absolute atomic E-state index is 0.102. The number of allylic oxidation sites excluding steroid dienone is 4. The van der Waals surface area contributed by atoms with Crippen molar-refractivity contribution in [1.82, 2.24) is 0 Å². The fraction of sp³-hybridized carbons (Fsp3) is 0.896. The standard InChI is InChI=1S/C77H146O17P2/c1-5-9-13-17-21-25-29-33-35-39-42-46-50-54-58-62-75(80)88-68-72(93-76(81)63-59-55-51-47-43-38-32-28-24-20-16-12-8-4)69-91-95(83,84)89-65-71(78)66-90-96(85,86)92-70-73(67-87-74(79)61-57-53-49-45-41-37-31-27-23-19-15-11-7-3)94-77(82)64-60-56-52-48-44-40-36-34-30-26-22-18-14-10-6-2/h21,25,33,35,71-73,78H,5-20,22-24,26-32,34,36-70H2,1-4H3,(H,83,84)(H,85,86)/b25-21-,35-33-/t71-,72+,73+/m0/s1. The van der Waals surface area contributed by atoms with Crippen molar-refractivity contribution in [3.8, 4) is 0 Å². The molecule has 0 bridgehead atoms. The normalized spacial score (nSPS) is 14.0. The first-order chi connectivity index (χ1) is 46.7. The largest absolute Gasteiger partial charge is 0.472 e. The fourth-order valence-electron chi connectivity index (χ4n) is 11.4. The molecule has 0 rings (SSSR count). The summed E-state index contributed by atoms with van der Waals surface area (Å²) in [5, 5.41) is 10.6. The van der Waals surface area contributed by atoms with Crippen LogP contribution in [0.4, 0.5) is 0 Å². The number of ether oxygens (including phenoxy) is 4. The van der Waals surface area contributed by atoms with Crippen LogP contribution in [0.2, 0.25) is 0 Å². The predicted molar refractivity (Wildman–Crippen MR) is 391 cm³/mol. The molecule has 0 saturated carbocycles. The number of carbonyl (C=O) groups excluding carboxylic acids is 4. The van der Waals surface area contributed by atoms with Crippen molar-refractivity contribution in [2.24, 2.45) is 0 Å². The van der Waals surface area contributed by atoms with Crippen LogP contribution in [0.3, 0.4) is 0 Å². The van der Waals surface area contributed by atoms with Gasteiger partial charge in [0.05, 0.1) is 26.4 Å². The lowest BCUT2D eigenvalue weighted by Crippen LogP contribution is -2.30. The number of rotatable bonds is 76. The molecule has 2 unspecified atom stereocenters. The number of hydrogen-bond acceptors (Lipinski definition) is 15. The van der Waals surface area contributed by atoms with E-state index in [0.717, 1.165) is 116 Å². The summed E-state index contributed by atoms with van der Waals surface area (Å²) in [6.07, 6.45) is 64.4. The van der Waals surface area contributed by atoms with Gasteiger partial charge in [-0.2, -0.15) is 0 Å². The van der Waals surface area contributed by atoms with E-state index in [-0.39, 0.29) is 25.7 Å². The number of phosphoric acid groups is 2. The lowest BCUT2D eigenvalue weighted by Gasteiger charge is -2.21. The van der Waals surface area contributed by atoms with E-state index >= 15 is 0 Å². The number of hydrogen-bond donors (Lipinski definition) is 3. The quantitative estimate of drug-likeness (QED) is 0.0169. The Labute approximate surface area is 586 Å². The van der Waals surface area contributed by atoms with Gasteiger partial charge < -0.3 is 33.8 Å². The Balaban J connectivity index is 5.29. The molecule has 0 radical (unpaired) electrons. The van der Waals surface area contributed by atoms with Crippen LogP contribution < -0.4 is 0 Å². The summed E-state index contributed by atoms with van der Waals surface area (Å²) in [5.41, 5.74) is 0. The molecular weight excluding hydrogens is 1260 g/mol. The van der Waals surface area contributed by atoms with Crippen molar-refractivity contribution in [2.45, 2.75) is 406 Å². The van der Waals surface area contributed by atoms with Crippen LogP contribution in [-0.4, -0.2) is 96.7 Å². The molecule has 5 atom stereocenters. The van der Waals surface area contributed by atoms with Gasteiger partial charge in [0.25, 0.3) is 0 Å². The maximum atomic E-state index is 13.1. The molecule has 0 aromatic carbocycles. The van der Waals surface area contributed by atoms with Gasteiger partial charge in [-0.15, -0.1) is 0 Å². The van der Waals surface area contributed by atoms with Gasteiger partial charge in [0.15, 0.2) is 12.2 Å². The Hall–Kier alpha value is -2.46. The first kappa shape index (κ1) is 93.5. The molecule has 0 aromatic rings. The minimum Gasteiger partial charge on any atom is -0.462 e. The summed E-state index contributed by atoms with van der Waals surface area (Å²) in [6, 6.07) is 0. The Morgan fingerprint density at radius 3 is 0.792 bits per heavy atom. The average Bonchev–Trinajstić information content (AvgIpc) is 1.17. The Bertz CT molecular complexity index is 1920. The van der Waals surface area contributed by atoms with Crippen molar-refractivity contribution >= 4 is 39.5 Å². The van der Waals surface area contributed by atoms with Gasteiger partial charge in [-0.3, -0.25) is 37.3 Å². The van der Waals surface area contributed by atoms with Crippen molar-refractivity contribution in [1.29, 1.82) is 0 Å². The predicted octanol–water partition coefficient (Wildman–Crippen LogP) is 22.6. The third-order valence-corrected chi connectivity index (χ3v) is 19.4. The van der Waals surface area contributed by atoms with E-state index in [4.69, 9.17) is 37.0 Å². The second-order valence-corrected chi connectivity index (χ2v) is 29.9. The first-order valence-electron chi connectivity index (χ1n) is 39.6. The van der Waals surface area contributed by atoms with E-state index in [1.165, 1.54) is 193 Å². The molecule has 0 spiro atoms. The summed E-state index contributed by atoms with van der Waals surface area (Å²) < 4.78 is 68.6. The number of unbranched alkanes of at least 4 members (excludes halogenated alkanes) is 46. The van der Waals surface area contributed by atoms with Crippen LogP contribution in [-0.2, 0) is 65.4 Å². The molecule has 0 aliphatic rings. The second kappa shape index (κ2) is 71.0. The lowest BCUT2D eigenvalue weighted by atomic mass is 10.0. The zero-order valence-electron chi connectivity index (χ0n) is 61.8. The molecule has 17 nitrogen and oxygen atoms in total. The summed E-state index contributed by atoms with van der Waals surface area (Å²) in [7, 11) is -9.92. The van der Waals surface area contributed by atoms with Crippen LogP contribution in [0.1, 0.15) is 387 Å². The molecule has 3 N–H and O–H groups in total. The van der Waals surface area contributed by atoms with Gasteiger partial charge >= 0.3 is 39.5 Å². The highest BCUT2D eigenvalue weighted by Gasteiger charge is 2.30. The molecule has 0 aromatic heterocycles. The van der Waals surface area contributed by atoms with Crippen LogP contribution in [0.25, 0.3) is 0 Å². The maximum absolute atomic E-state index is 13.1. The van der Waals surface area contributed by atoms with Crippen molar-refractivity contribution in [3.05, 3.63) is 24.3 Å². The molecule has 0 aliphatic heterocycles. The molecule has 0 fully saturated rings. The highest BCUT2D eigenvalue weighted by atomic mass is 31.2. The molecule has 19 heteroatoms. The van der Waals surface area contributed by atoms with E-state index in [0.29, 0.717) is 25.7 Å². The molecule has 0 aliphatic carbocycles. The maximum Gasteiger partial charge on any atom is 0.472 e. The average molecular weight is 1410 g/mol. The van der Waals surface area contributed by atoms with Gasteiger partial charge in [-0.25, -0.2) is 9.13 Å². The molecule has 566 valence electrons. The monoisotopic (exact) mass is 1410 g/mol. The van der Waals surface area contributed by atoms with Crippen LogP contribution >= 0.6 is 15.6 Å². The first-order valence-corrected chi connectivity index (χ1v) is 42.6. The van der Waals surface area contributed by atoms with E-state index < -0.39 is 97.5 Å². The minimum atomic E-state index is -4.96. The number of esters is 4. The lowest BCUT2D eigenvalue weighted by molar-refractivity contribution is -0.161. The Morgan fingerprint density at radius 1 is 0.292 bits per heavy atom. The van der Waals surface area contributed by atoms with E-state index in [1.807, 2.05) is 0 Å². The molecule has 0 saturated heterocycles. The van der Waals surface area contributed by atoms with Crippen molar-refractivity contribution in [3.63, 3.8) is 0 Å². The molecular formula is C77H146O17P2. The van der Waals surface area contributed by atoms with E-state index in [2.05, 4.69) is 52.0 Å². The highest BCUT2D eigenvalue weighted by Crippen LogP contribution is 2.45. The number of aliphatic hydroxyl groups is 1. The van der Waals surface area contributed by atoms with Crippen LogP contribution in [0, 0.1) is 0 Å². The van der Waals surface area contributed by atoms with Crippen molar-refractivity contribution in [2.75, 3.05) is 39.6 Å². The van der Waals surface area contributed by atoms with Gasteiger partial charge in [0.1, 0.15) is 19.3 Å². The SMILES string of the molecule is CCCCC/C=C\C/C=C\CCCCCCCC(=O)OC[C@H](COP(=O)(O)OC[C@H](O)COP(=O)(O)OC[C@@H](COC(=O)CCCCCCCCCCCCCCC)OC(=O)CCCCCCCCCCCCCCCCC)OC(=O)CCCCCCCCCCCCCCC. The Morgan fingerprint density at radius 2 is 0.510 bits per heavy atom. The van der Waals surface area contributed by atoms with Gasteiger partial charge in [0, 0.05) is 25.7 Å². The highest BCUT2D eigenvalue weighted by molar-refractivity contribution is 7.47. The number of carbonyl (C=O) groups is 4. The summed E-state index contributed by atoms with van der Waals surface area (Å²) in [5.74, 6) is -2.14. The third kappa shape index (κ3) is 70.0. The zero-order chi connectivity index (χ0) is 70.4. The van der Waals surface area contributed by atoms with Gasteiger partial charge in [-0.05, 0) is 57.8 Å². The molecule has 0 amide bonds. The summed E-state index contributed by atoms with van der Waals surface area (Å²) in [6.45, 7) is 4.94. The van der Waals surface area contributed by atoms with Crippen LogP contribution in [0.15, 0.2) is 24.3 Å².